The molecule has 1 aromatic rings. The van der Waals surface area contributed by atoms with Crippen LogP contribution >= 0.6 is 0 Å². The van der Waals surface area contributed by atoms with Crippen molar-refractivity contribution in [2.45, 2.75) is 19.4 Å². The standard InChI is InChI=1S/C9H10N2O2/c1-3-4-11-6-8(5-10-11)7(2)9(12)13/h1,5-7H,4H2,2H3,(H,12,13). The van der Waals surface area contributed by atoms with Crippen LogP contribution in [0, 0.1) is 12.3 Å². The highest BCUT2D eigenvalue weighted by Gasteiger charge is 2.14. The second-order valence-corrected chi connectivity index (χ2v) is 2.74. The second-order valence-electron chi connectivity index (χ2n) is 2.74. The first-order valence-corrected chi connectivity index (χ1v) is 3.83. The van der Waals surface area contributed by atoms with Crippen molar-refractivity contribution in [1.29, 1.82) is 0 Å². The number of carboxylic acid groups (broad SMARTS) is 1. The monoisotopic (exact) mass is 178 g/mol. The Kier molecular flexibility index (Phi) is 2.70. The molecule has 0 bridgehead atoms. The van der Waals surface area contributed by atoms with Gasteiger partial charge in [-0.1, -0.05) is 5.92 Å². The zero-order valence-electron chi connectivity index (χ0n) is 7.27. The molecule has 0 amide bonds. The first kappa shape index (κ1) is 9.33. The maximum atomic E-state index is 10.6. The van der Waals surface area contributed by atoms with Gasteiger partial charge in [0, 0.05) is 11.8 Å². The molecule has 13 heavy (non-hydrogen) atoms. The molecule has 1 N–H and O–H groups in total. The molecule has 68 valence electrons. The van der Waals surface area contributed by atoms with E-state index in [0.29, 0.717) is 12.1 Å². The SMILES string of the molecule is C#CCn1cc(C(C)C(=O)O)cn1. The normalized spacial score (nSPS) is 12.0. The summed E-state index contributed by atoms with van der Waals surface area (Å²) >= 11 is 0. The van der Waals surface area contributed by atoms with Gasteiger partial charge in [-0.2, -0.15) is 5.10 Å². The van der Waals surface area contributed by atoms with E-state index in [1.165, 1.54) is 10.9 Å². The Bertz CT molecular complexity index is 349. The van der Waals surface area contributed by atoms with Crippen molar-refractivity contribution < 1.29 is 9.90 Å². The Morgan fingerprint density at radius 2 is 2.62 bits per heavy atom. The Hall–Kier alpha value is -1.76. The summed E-state index contributed by atoms with van der Waals surface area (Å²) in [6, 6.07) is 0. The van der Waals surface area contributed by atoms with Crippen LogP contribution in [0.2, 0.25) is 0 Å². The van der Waals surface area contributed by atoms with Crippen LogP contribution in [0.3, 0.4) is 0 Å². The number of hydrogen-bond acceptors (Lipinski definition) is 2. The van der Waals surface area contributed by atoms with Crippen molar-refractivity contribution in [3.05, 3.63) is 18.0 Å². The highest BCUT2D eigenvalue weighted by molar-refractivity contribution is 5.75. The summed E-state index contributed by atoms with van der Waals surface area (Å²) in [5.41, 5.74) is 0.669. The molecule has 4 heteroatoms. The van der Waals surface area contributed by atoms with Crippen LogP contribution in [-0.2, 0) is 11.3 Å². The number of terminal acetylenes is 1. The number of aliphatic carboxylic acids is 1. The summed E-state index contributed by atoms with van der Waals surface area (Å²) in [7, 11) is 0. The van der Waals surface area contributed by atoms with E-state index < -0.39 is 11.9 Å². The Labute approximate surface area is 76.2 Å². The summed E-state index contributed by atoms with van der Waals surface area (Å²) in [4.78, 5) is 10.6. The second kappa shape index (κ2) is 3.76. The van der Waals surface area contributed by atoms with Gasteiger partial charge in [0.15, 0.2) is 0 Å². The molecule has 0 aliphatic carbocycles. The lowest BCUT2D eigenvalue weighted by atomic mass is 10.1. The minimum absolute atomic E-state index is 0.367. The van der Waals surface area contributed by atoms with Crippen LogP contribution in [0.4, 0.5) is 0 Å². The molecule has 0 aliphatic heterocycles. The Balaban J connectivity index is 2.80. The van der Waals surface area contributed by atoms with Gasteiger partial charge in [0.25, 0.3) is 0 Å². The average Bonchev–Trinajstić information content (AvgIpc) is 2.52. The van der Waals surface area contributed by atoms with Crippen LogP contribution in [0.1, 0.15) is 18.4 Å². The summed E-state index contributed by atoms with van der Waals surface area (Å²) in [6.07, 6.45) is 8.25. The third-order valence-corrected chi connectivity index (χ3v) is 1.78. The molecule has 0 saturated carbocycles. The zero-order chi connectivity index (χ0) is 9.84. The van der Waals surface area contributed by atoms with Gasteiger partial charge in [-0.05, 0) is 6.92 Å². The Morgan fingerprint density at radius 3 is 3.15 bits per heavy atom. The van der Waals surface area contributed by atoms with E-state index >= 15 is 0 Å². The molecule has 0 saturated heterocycles. The summed E-state index contributed by atoms with van der Waals surface area (Å²) in [6.45, 7) is 1.98. The van der Waals surface area contributed by atoms with Crippen LogP contribution < -0.4 is 0 Å². The highest BCUT2D eigenvalue weighted by atomic mass is 16.4. The quantitative estimate of drug-likeness (QED) is 0.693. The van der Waals surface area contributed by atoms with Gasteiger partial charge in [-0.25, -0.2) is 0 Å². The fourth-order valence-electron chi connectivity index (χ4n) is 0.926. The maximum absolute atomic E-state index is 10.6. The highest BCUT2D eigenvalue weighted by Crippen LogP contribution is 2.13. The van der Waals surface area contributed by atoms with Crippen LogP contribution in [0.5, 0.6) is 0 Å². The number of aromatic nitrogens is 2. The fraction of sp³-hybridized carbons (Fsp3) is 0.333. The third kappa shape index (κ3) is 2.09. The molecule has 1 aromatic heterocycles. The summed E-state index contributed by atoms with van der Waals surface area (Å²) < 4.78 is 1.54. The minimum Gasteiger partial charge on any atom is -0.481 e. The molecule has 0 radical (unpaired) electrons. The molecule has 0 fully saturated rings. The fourth-order valence-corrected chi connectivity index (χ4v) is 0.926. The molecule has 0 spiro atoms. The summed E-state index contributed by atoms with van der Waals surface area (Å²) in [5, 5.41) is 12.6. The largest absolute Gasteiger partial charge is 0.481 e. The molecule has 1 atom stereocenters. The van der Waals surface area contributed by atoms with Gasteiger partial charge in [-0.3, -0.25) is 9.48 Å². The predicted octanol–water partition coefficient (Wildman–Crippen LogP) is 0.704. The number of carboxylic acids is 1. The topological polar surface area (TPSA) is 55.1 Å². The summed E-state index contributed by atoms with van der Waals surface area (Å²) in [5.74, 6) is 1.02. The molecule has 1 unspecified atom stereocenters. The molecule has 4 nitrogen and oxygen atoms in total. The lowest BCUT2D eigenvalue weighted by molar-refractivity contribution is -0.138. The predicted molar refractivity (Wildman–Crippen MR) is 47.1 cm³/mol. The van der Waals surface area contributed by atoms with Crippen LogP contribution in [-0.4, -0.2) is 20.9 Å². The zero-order valence-corrected chi connectivity index (χ0v) is 7.27. The van der Waals surface area contributed by atoms with Crippen molar-refractivity contribution in [3.8, 4) is 12.3 Å². The maximum Gasteiger partial charge on any atom is 0.310 e. The van der Waals surface area contributed by atoms with Gasteiger partial charge in [0.2, 0.25) is 0 Å². The van der Waals surface area contributed by atoms with Crippen molar-refractivity contribution in [2.24, 2.45) is 0 Å². The van der Waals surface area contributed by atoms with E-state index in [4.69, 9.17) is 11.5 Å². The van der Waals surface area contributed by atoms with Gasteiger partial charge in [0.1, 0.15) is 6.54 Å². The molecular formula is C9H10N2O2. The van der Waals surface area contributed by atoms with Gasteiger partial charge >= 0.3 is 5.97 Å². The number of nitrogens with zero attached hydrogens (tertiary/aromatic N) is 2. The van der Waals surface area contributed by atoms with Crippen molar-refractivity contribution in [1.82, 2.24) is 9.78 Å². The molecule has 0 aromatic carbocycles. The van der Waals surface area contributed by atoms with Crippen LogP contribution in [0.25, 0.3) is 0 Å². The van der Waals surface area contributed by atoms with Crippen molar-refractivity contribution in [3.63, 3.8) is 0 Å². The van der Waals surface area contributed by atoms with Crippen molar-refractivity contribution in [2.75, 3.05) is 0 Å². The first-order valence-electron chi connectivity index (χ1n) is 3.83. The number of carbonyl (C=O) groups is 1. The van der Waals surface area contributed by atoms with Gasteiger partial charge in [-0.15, -0.1) is 6.42 Å². The Morgan fingerprint density at radius 1 is 1.92 bits per heavy atom. The lowest BCUT2D eigenvalue weighted by Crippen LogP contribution is -2.06. The number of rotatable bonds is 3. The van der Waals surface area contributed by atoms with E-state index in [2.05, 4.69) is 11.0 Å². The van der Waals surface area contributed by atoms with Gasteiger partial charge < -0.3 is 5.11 Å². The first-order chi connectivity index (χ1) is 6.15. The molecule has 0 aliphatic rings. The van der Waals surface area contributed by atoms with Crippen LogP contribution in [0.15, 0.2) is 12.4 Å². The average molecular weight is 178 g/mol. The van der Waals surface area contributed by atoms with E-state index in [1.807, 2.05) is 0 Å². The molecule has 1 rings (SSSR count). The minimum atomic E-state index is -0.861. The van der Waals surface area contributed by atoms with E-state index in [-0.39, 0.29) is 0 Å². The third-order valence-electron chi connectivity index (χ3n) is 1.78. The smallest absolute Gasteiger partial charge is 0.310 e. The molecule has 1 heterocycles. The molecular weight excluding hydrogens is 168 g/mol. The van der Waals surface area contributed by atoms with Crippen molar-refractivity contribution >= 4 is 5.97 Å². The van der Waals surface area contributed by atoms with E-state index in [9.17, 15) is 4.79 Å². The lowest BCUT2D eigenvalue weighted by Gasteiger charge is -2.00. The van der Waals surface area contributed by atoms with E-state index in [1.54, 1.807) is 13.1 Å². The van der Waals surface area contributed by atoms with E-state index in [0.717, 1.165) is 0 Å². The number of hydrogen-bond donors (Lipinski definition) is 1. The van der Waals surface area contributed by atoms with Gasteiger partial charge in [0.05, 0.1) is 12.1 Å².